The average molecular weight is 392 g/mol. The molecule has 1 aliphatic rings. The van der Waals surface area contributed by atoms with Crippen molar-refractivity contribution in [2.75, 3.05) is 6.54 Å². The third kappa shape index (κ3) is 3.78. The molecule has 1 fully saturated rings. The summed E-state index contributed by atoms with van der Waals surface area (Å²) in [6.45, 7) is 3.67. The number of hydrogen-bond donors (Lipinski definition) is 0. The fraction of sp³-hybridized carbons (Fsp3) is 0.0588. The number of amides is 1. The number of halogens is 1. The molecule has 0 unspecified atom stereocenters. The molecule has 6 nitrogen and oxygen atoms in total. The van der Waals surface area contributed by atoms with Crippen LogP contribution >= 0.6 is 11.8 Å². The molecule has 0 N–H and O–H groups in total. The van der Waals surface area contributed by atoms with Crippen LogP contribution in [0.5, 0.6) is 0 Å². The highest BCUT2D eigenvalue weighted by Gasteiger charge is 2.34. The van der Waals surface area contributed by atoms with Crippen LogP contribution in [0.4, 0.5) is 4.39 Å². The lowest BCUT2D eigenvalue weighted by Gasteiger charge is -2.12. The first-order valence-corrected chi connectivity index (χ1v) is 9.63. The Labute approximate surface area is 153 Å². The molecule has 134 valence electrons. The van der Waals surface area contributed by atoms with E-state index in [2.05, 4.69) is 11.0 Å². The SMILES string of the molecule is C=CCN1C(=O)C(=Cc2ccco2)SC1=NS(=O)(=O)c1ccc(F)cc1. The summed E-state index contributed by atoms with van der Waals surface area (Å²) in [5.41, 5.74) is 0. The van der Waals surface area contributed by atoms with E-state index in [-0.39, 0.29) is 21.5 Å². The molecule has 1 aromatic heterocycles. The molecule has 0 atom stereocenters. The lowest BCUT2D eigenvalue weighted by atomic mass is 10.3. The third-order valence-electron chi connectivity index (χ3n) is 3.33. The summed E-state index contributed by atoms with van der Waals surface area (Å²) < 4.78 is 46.9. The molecule has 1 aromatic carbocycles. The number of benzene rings is 1. The smallest absolute Gasteiger partial charge is 0.284 e. The monoisotopic (exact) mass is 392 g/mol. The van der Waals surface area contributed by atoms with Crippen LogP contribution in [-0.4, -0.2) is 30.9 Å². The molecule has 2 aromatic rings. The average Bonchev–Trinajstić information content (AvgIpc) is 3.20. The van der Waals surface area contributed by atoms with Gasteiger partial charge in [0.2, 0.25) is 0 Å². The zero-order valence-electron chi connectivity index (χ0n) is 13.3. The molecule has 9 heteroatoms. The summed E-state index contributed by atoms with van der Waals surface area (Å²) in [6, 6.07) is 7.64. The standard InChI is InChI=1S/C17H13FN2O4S2/c1-2-9-20-16(21)15(11-13-4-3-10-24-13)25-17(20)19-26(22,23)14-7-5-12(18)6-8-14/h2-8,10-11H,1,9H2. The Morgan fingerprint density at radius 3 is 2.62 bits per heavy atom. The first kappa shape index (κ1) is 18.2. The van der Waals surface area contributed by atoms with E-state index in [0.29, 0.717) is 5.76 Å². The van der Waals surface area contributed by atoms with Crippen molar-refractivity contribution >= 4 is 38.9 Å². The fourth-order valence-electron chi connectivity index (χ4n) is 2.13. The number of carbonyl (C=O) groups is 1. The number of rotatable bonds is 5. The molecule has 0 radical (unpaired) electrons. The minimum absolute atomic E-state index is 0.00275. The van der Waals surface area contributed by atoms with Crippen molar-refractivity contribution in [1.82, 2.24) is 4.90 Å². The lowest BCUT2D eigenvalue weighted by Crippen LogP contribution is -2.29. The van der Waals surface area contributed by atoms with Crippen LogP contribution in [0.2, 0.25) is 0 Å². The highest BCUT2D eigenvalue weighted by molar-refractivity contribution is 8.19. The van der Waals surface area contributed by atoms with E-state index < -0.39 is 21.7 Å². The van der Waals surface area contributed by atoms with Crippen molar-refractivity contribution in [3.8, 4) is 0 Å². The van der Waals surface area contributed by atoms with Gasteiger partial charge >= 0.3 is 0 Å². The molecular weight excluding hydrogens is 379 g/mol. The van der Waals surface area contributed by atoms with E-state index in [9.17, 15) is 17.6 Å². The largest absolute Gasteiger partial charge is 0.465 e. The van der Waals surface area contributed by atoms with Gasteiger partial charge in [-0.25, -0.2) is 4.39 Å². The van der Waals surface area contributed by atoms with Gasteiger partial charge in [-0.3, -0.25) is 9.69 Å². The van der Waals surface area contributed by atoms with Crippen LogP contribution in [0.1, 0.15) is 5.76 Å². The van der Waals surface area contributed by atoms with Gasteiger partial charge in [0.1, 0.15) is 11.6 Å². The van der Waals surface area contributed by atoms with E-state index in [1.807, 2.05) is 0 Å². The second kappa shape index (κ2) is 7.30. The van der Waals surface area contributed by atoms with E-state index in [1.54, 1.807) is 12.1 Å². The fourth-order valence-corrected chi connectivity index (χ4v) is 4.30. The minimum atomic E-state index is -4.10. The van der Waals surface area contributed by atoms with E-state index in [4.69, 9.17) is 4.42 Å². The maximum atomic E-state index is 13.0. The zero-order chi connectivity index (χ0) is 18.7. The molecular formula is C17H13FN2O4S2. The summed E-state index contributed by atoms with van der Waals surface area (Å²) >= 11 is 0.916. The minimum Gasteiger partial charge on any atom is -0.465 e. The predicted octanol–water partition coefficient (Wildman–Crippen LogP) is 3.27. The summed E-state index contributed by atoms with van der Waals surface area (Å²) in [5, 5.41) is -0.00275. The molecule has 2 heterocycles. The Hall–Kier alpha value is -2.65. The zero-order valence-corrected chi connectivity index (χ0v) is 15.0. The molecule has 0 aliphatic carbocycles. The number of amidine groups is 1. The second-order valence-corrected chi connectivity index (χ2v) is 7.75. The van der Waals surface area contributed by atoms with Crippen molar-refractivity contribution in [2.45, 2.75) is 4.90 Å². The number of thioether (sulfide) groups is 1. The molecule has 1 aliphatic heterocycles. The highest BCUT2D eigenvalue weighted by atomic mass is 32.2. The van der Waals surface area contributed by atoms with Gasteiger partial charge in [-0.05, 0) is 48.2 Å². The van der Waals surface area contributed by atoms with Crippen LogP contribution in [0.15, 0.2) is 73.9 Å². The van der Waals surface area contributed by atoms with Crippen molar-refractivity contribution in [3.05, 3.63) is 71.8 Å². The quantitative estimate of drug-likeness (QED) is 0.576. The molecule has 1 amide bonds. The number of nitrogens with zero attached hydrogens (tertiary/aromatic N) is 2. The first-order chi connectivity index (χ1) is 12.4. The Morgan fingerprint density at radius 2 is 2.00 bits per heavy atom. The van der Waals surface area contributed by atoms with Crippen molar-refractivity contribution < 1.29 is 22.0 Å². The van der Waals surface area contributed by atoms with Crippen molar-refractivity contribution in [1.29, 1.82) is 0 Å². The van der Waals surface area contributed by atoms with Crippen LogP contribution in [0.25, 0.3) is 6.08 Å². The Morgan fingerprint density at radius 1 is 1.27 bits per heavy atom. The van der Waals surface area contributed by atoms with Gasteiger partial charge in [0, 0.05) is 12.6 Å². The second-order valence-electron chi connectivity index (χ2n) is 5.13. The summed E-state index contributed by atoms with van der Waals surface area (Å²) in [5.74, 6) is -0.500. The predicted molar refractivity (Wildman–Crippen MR) is 97.2 cm³/mol. The number of carbonyl (C=O) groups excluding carboxylic acids is 1. The number of sulfonamides is 1. The summed E-state index contributed by atoms with van der Waals surface area (Å²) in [7, 11) is -4.10. The van der Waals surface area contributed by atoms with E-state index in [0.717, 1.165) is 36.0 Å². The van der Waals surface area contributed by atoms with Gasteiger partial charge < -0.3 is 4.42 Å². The van der Waals surface area contributed by atoms with E-state index in [1.165, 1.54) is 23.3 Å². The van der Waals surface area contributed by atoms with Gasteiger partial charge in [-0.2, -0.15) is 8.42 Å². The Balaban J connectivity index is 1.98. The highest BCUT2D eigenvalue weighted by Crippen LogP contribution is 2.33. The normalized spacial score (nSPS) is 18.0. The lowest BCUT2D eigenvalue weighted by molar-refractivity contribution is -0.121. The molecule has 0 saturated carbocycles. The maximum absolute atomic E-state index is 13.0. The summed E-state index contributed by atoms with van der Waals surface area (Å²) in [6.07, 6.45) is 4.44. The van der Waals surface area contributed by atoms with E-state index >= 15 is 0 Å². The maximum Gasteiger partial charge on any atom is 0.284 e. The molecule has 3 rings (SSSR count). The van der Waals surface area contributed by atoms with Crippen molar-refractivity contribution in [2.24, 2.45) is 4.40 Å². The van der Waals surface area contributed by atoms with Crippen molar-refractivity contribution in [3.63, 3.8) is 0 Å². The summed E-state index contributed by atoms with van der Waals surface area (Å²) in [4.78, 5) is 13.8. The van der Waals surface area contributed by atoms with Gasteiger partial charge in [0.25, 0.3) is 15.9 Å². The van der Waals surface area contributed by atoms with Gasteiger partial charge in [0.05, 0.1) is 16.1 Å². The first-order valence-electron chi connectivity index (χ1n) is 7.37. The molecule has 0 bridgehead atoms. The van der Waals surface area contributed by atoms with Crippen LogP contribution in [0, 0.1) is 5.82 Å². The molecule has 1 saturated heterocycles. The van der Waals surface area contributed by atoms with Gasteiger partial charge in [-0.15, -0.1) is 11.0 Å². The topological polar surface area (TPSA) is 80.0 Å². The van der Waals surface area contributed by atoms with Crippen LogP contribution < -0.4 is 0 Å². The van der Waals surface area contributed by atoms with Crippen LogP contribution in [0.3, 0.4) is 0 Å². The Kier molecular flexibility index (Phi) is 5.10. The third-order valence-corrected chi connectivity index (χ3v) is 5.73. The van der Waals surface area contributed by atoms with Gasteiger partial charge in [0.15, 0.2) is 5.17 Å². The molecule has 26 heavy (non-hydrogen) atoms. The Bertz CT molecular complexity index is 994. The number of furan rings is 1. The van der Waals surface area contributed by atoms with Crippen LogP contribution in [-0.2, 0) is 14.8 Å². The van der Waals surface area contributed by atoms with Gasteiger partial charge in [-0.1, -0.05) is 6.08 Å². The number of hydrogen-bond acceptors (Lipinski definition) is 5. The molecule has 0 spiro atoms.